The second kappa shape index (κ2) is 8.22. The minimum Gasteiger partial charge on any atom is -0.255 e. The molecule has 0 bridgehead atoms. The first-order valence-electron chi connectivity index (χ1n) is 11.1. The standard InChI is InChI=1S/C31H20N2/c1-2-8-22(7-1)19-28-26-10-4-3-9-25(26)27-16-14-23(20-29(27)28)12-13-24-15-17-31(33-21-24)30-11-5-6-18-32-30/h1-11,14-22H/b28-19+. The molecular weight excluding hydrogens is 400 g/mol. The van der Waals surface area contributed by atoms with E-state index < -0.39 is 0 Å². The Labute approximate surface area is 193 Å². The number of nitrogens with zero attached hydrogens (tertiary/aromatic N) is 2. The largest absolute Gasteiger partial charge is 0.255 e. The summed E-state index contributed by atoms with van der Waals surface area (Å²) < 4.78 is 0. The van der Waals surface area contributed by atoms with Crippen LogP contribution in [0.3, 0.4) is 0 Å². The Bertz CT molecular complexity index is 1480. The minimum absolute atomic E-state index is 0.331. The highest BCUT2D eigenvalue weighted by Crippen LogP contribution is 2.45. The number of benzene rings is 2. The second-order valence-electron chi connectivity index (χ2n) is 8.13. The highest BCUT2D eigenvalue weighted by Gasteiger charge is 2.23. The van der Waals surface area contributed by atoms with Crippen LogP contribution in [0.4, 0.5) is 0 Å². The Kier molecular flexibility index (Phi) is 4.79. The van der Waals surface area contributed by atoms with Crippen LogP contribution in [0.15, 0.2) is 116 Å². The maximum atomic E-state index is 4.53. The van der Waals surface area contributed by atoms with Gasteiger partial charge in [0.05, 0.1) is 11.4 Å². The molecule has 0 atom stereocenters. The van der Waals surface area contributed by atoms with Gasteiger partial charge in [-0.2, -0.15) is 0 Å². The minimum atomic E-state index is 0.331. The van der Waals surface area contributed by atoms with E-state index in [0.29, 0.717) is 5.92 Å². The third kappa shape index (κ3) is 3.71. The van der Waals surface area contributed by atoms with Gasteiger partial charge in [0.2, 0.25) is 0 Å². The van der Waals surface area contributed by atoms with Gasteiger partial charge < -0.3 is 0 Å². The van der Waals surface area contributed by atoms with Crippen molar-refractivity contribution in [3.8, 4) is 34.4 Å². The van der Waals surface area contributed by atoms with Gasteiger partial charge in [-0.05, 0) is 64.2 Å². The number of fused-ring (bicyclic) bond motifs is 3. The zero-order chi connectivity index (χ0) is 22.0. The van der Waals surface area contributed by atoms with Gasteiger partial charge in [0.1, 0.15) is 0 Å². The van der Waals surface area contributed by atoms with E-state index in [1.54, 1.807) is 6.20 Å². The van der Waals surface area contributed by atoms with Gasteiger partial charge in [0, 0.05) is 29.4 Å². The Hall–Kier alpha value is -4.48. The second-order valence-corrected chi connectivity index (χ2v) is 8.13. The molecule has 0 unspecified atom stereocenters. The van der Waals surface area contributed by atoms with Crippen LogP contribution in [0.2, 0.25) is 0 Å². The Morgan fingerprint density at radius 1 is 0.636 bits per heavy atom. The topological polar surface area (TPSA) is 25.8 Å². The van der Waals surface area contributed by atoms with E-state index in [-0.39, 0.29) is 0 Å². The molecule has 0 spiro atoms. The van der Waals surface area contributed by atoms with Crippen LogP contribution in [-0.4, -0.2) is 9.97 Å². The third-order valence-electron chi connectivity index (χ3n) is 6.00. The van der Waals surface area contributed by atoms with Crippen molar-refractivity contribution in [2.75, 3.05) is 0 Å². The molecule has 4 aromatic rings. The van der Waals surface area contributed by atoms with Crippen LogP contribution in [0.5, 0.6) is 0 Å². The maximum absolute atomic E-state index is 4.53. The fraction of sp³-hybridized carbons (Fsp3) is 0.0323. The van der Waals surface area contributed by atoms with Crippen LogP contribution in [0, 0.1) is 17.8 Å². The molecule has 2 aliphatic carbocycles. The number of pyridine rings is 2. The molecule has 0 fully saturated rings. The molecule has 154 valence electrons. The van der Waals surface area contributed by atoms with Crippen LogP contribution in [-0.2, 0) is 0 Å². The van der Waals surface area contributed by atoms with E-state index in [9.17, 15) is 0 Å². The molecule has 2 heteroatoms. The summed E-state index contributed by atoms with van der Waals surface area (Å²) in [6.45, 7) is 0. The molecule has 2 aromatic heterocycles. The molecule has 33 heavy (non-hydrogen) atoms. The van der Waals surface area contributed by atoms with Crippen molar-refractivity contribution in [2.24, 2.45) is 5.92 Å². The Morgan fingerprint density at radius 2 is 1.36 bits per heavy atom. The summed E-state index contributed by atoms with van der Waals surface area (Å²) in [7, 11) is 0. The maximum Gasteiger partial charge on any atom is 0.0887 e. The molecule has 2 heterocycles. The van der Waals surface area contributed by atoms with Gasteiger partial charge in [-0.3, -0.25) is 9.97 Å². The van der Waals surface area contributed by atoms with E-state index in [1.165, 1.54) is 27.8 Å². The highest BCUT2D eigenvalue weighted by molar-refractivity contribution is 6.01. The van der Waals surface area contributed by atoms with Crippen LogP contribution in [0.1, 0.15) is 22.3 Å². The van der Waals surface area contributed by atoms with Crippen LogP contribution >= 0.6 is 0 Å². The molecule has 0 saturated heterocycles. The molecule has 2 nitrogen and oxygen atoms in total. The summed E-state index contributed by atoms with van der Waals surface area (Å²) in [4.78, 5) is 8.88. The predicted octanol–water partition coefficient (Wildman–Crippen LogP) is 6.70. The number of hydrogen-bond acceptors (Lipinski definition) is 2. The molecule has 2 aliphatic rings. The van der Waals surface area contributed by atoms with Gasteiger partial charge in [-0.15, -0.1) is 0 Å². The van der Waals surface area contributed by atoms with Crippen molar-refractivity contribution in [1.82, 2.24) is 9.97 Å². The van der Waals surface area contributed by atoms with Gasteiger partial charge in [-0.1, -0.05) is 78.6 Å². The number of aromatic nitrogens is 2. The molecule has 6 rings (SSSR count). The molecule has 2 aromatic carbocycles. The van der Waals surface area contributed by atoms with E-state index in [4.69, 9.17) is 0 Å². The van der Waals surface area contributed by atoms with Crippen LogP contribution in [0.25, 0.3) is 28.1 Å². The van der Waals surface area contributed by atoms with Gasteiger partial charge in [0.15, 0.2) is 0 Å². The van der Waals surface area contributed by atoms with Crippen molar-refractivity contribution < 1.29 is 0 Å². The lowest BCUT2D eigenvalue weighted by Gasteiger charge is -2.06. The smallest absolute Gasteiger partial charge is 0.0887 e. The molecule has 0 radical (unpaired) electrons. The Balaban J connectivity index is 1.33. The van der Waals surface area contributed by atoms with Gasteiger partial charge in [-0.25, -0.2) is 0 Å². The lowest BCUT2D eigenvalue weighted by atomic mass is 9.98. The predicted molar refractivity (Wildman–Crippen MR) is 134 cm³/mol. The SMILES string of the molecule is C(#Cc1ccc2c(c1)/C(=C/C1C=CC=C1)c1ccccc1-2)c1ccc(-c2ccccn2)nc1. The normalized spacial score (nSPS) is 14.7. The summed E-state index contributed by atoms with van der Waals surface area (Å²) in [5.41, 5.74) is 9.98. The number of allylic oxidation sites excluding steroid dienone is 5. The fourth-order valence-corrected chi connectivity index (χ4v) is 4.39. The average molecular weight is 421 g/mol. The number of hydrogen-bond donors (Lipinski definition) is 0. The van der Waals surface area contributed by atoms with E-state index in [1.807, 2.05) is 36.5 Å². The Morgan fingerprint density at radius 3 is 2.15 bits per heavy atom. The lowest BCUT2D eigenvalue weighted by Crippen LogP contribution is -1.89. The third-order valence-corrected chi connectivity index (χ3v) is 6.00. The number of rotatable bonds is 2. The summed E-state index contributed by atoms with van der Waals surface area (Å²) in [5.74, 6) is 6.93. The van der Waals surface area contributed by atoms with Crippen molar-refractivity contribution in [1.29, 1.82) is 0 Å². The zero-order valence-electron chi connectivity index (χ0n) is 17.9. The monoisotopic (exact) mass is 420 g/mol. The van der Waals surface area contributed by atoms with Crippen molar-refractivity contribution >= 4 is 5.57 Å². The first-order valence-corrected chi connectivity index (χ1v) is 11.1. The summed E-state index contributed by atoms with van der Waals surface area (Å²) in [6, 6.07) is 24.9. The first kappa shape index (κ1) is 19.2. The van der Waals surface area contributed by atoms with Crippen molar-refractivity contribution in [3.63, 3.8) is 0 Å². The summed E-state index contributed by atoms with van der Waals surface area (Å²) >= 11 is 0. The molecule has 0 amide bonds. The summed E-state index contributed by atoms with van der Waals surface area (Å²) in [6.07, 6.45) is 14.6. The quantitative estimate of drug-likeness (QED) is 0.297. The van der Waals surface area contributed by atoms with E-state index >= 15 is 0 Å². The van der Waals surface area contributed by atoms with Crippen molar-refractivity contribution in [2.45, 2.75) is 0 Å². The van der Waals surface area contributed by atoms with Crippen LogP contribution < -0.4 is 0 Å². The molecule has 0 saturated carbocycles. The highest BCUT2D eigenvalue weighted by atomic mass is 14.8. The molecule has 0 N–H and O–H groups in total. The average Bonchev–Trinajstić information content (AvgIpc) is 3.50. The van der Waals surface area contributed by atoms with E-state index in [0.717, 1.165) is 22.5 Å². The van der Waals surface area contributed by atoms with Gasteiger partial charge in [0.25, 0.3) is 0 Å². The molecule has 0 aliphatic heterocycles. The molecular formula is C31H20N2. The van der Waals surface area contributed by atoms with E-state index in [2.05, 4.69) is 94.7 Å². The van der Waals surface area contributed by atoms with Gasteiger partial charge >= 0.3 is 0 Å². The first-order chi connectivity index (χ1) is 16.3. The lowest BCUT2D eigenvalue weighted by molar-refractivity contribution is 1.10. The summed E-state index contributed by atoms with van der Waals surface area (Å²) in [5, 5.41) is 0. The fourth-order valence-electron chi connectivity index (χ4n) is 4.39. The zero-order valence-corrected chi connectivity index (χ0v) is 17.9. The van der Waals surface area contributed by atoms with Crippen molar-refractivity contribution in [3.05, 3.63) is 138 Å².